The van der Waals surface area contributed by atoms with E-state index in [2.05, 4.69) is 5.10 Å². The summed E-state index contributed by atoms with van der Waals surface area (Å²) in [6.07, 6.45) is 1.28. The fourth-order valence-corrected chi connectivity index (χ4v) is 1.96. The summed E-state index contributed by atoms with van der Waals surface area (Å²) in [6, 6.07) is 2.67. The van der Waals surface area contributed by atoms with Crippen LogP contribution < -0.4 is 0 Å². The number of hydrogen-bond acceptors (Lipinski definition) is 3. The second-order valence-electron chi connectivity index (χ2n) is 4.01. The molecule has 2 rings (SSSR count). The van der Waals surface area contributed by atoms with E-state index in [1.165, 1.54) is 18.0 Å². The molecule has 0 aliphatic heterocycles. The van der Waals surface area contributed by atoms with Crippen LogP contribution in [0.4, 0.5) is 8.78 Å². The molecule has 106 valence electrons. The Hall–Kier alpha value is -1.79. The molecule has 0 N–H and O–H groups in total. The Labute approximate surface area is 118 Å². The zero-order valence-corrected chi connectivity index (χ0v) is 11.3. The first-order valence-electron chi connectivity index (χ1n) is 5.74. The molecule has 20 heavy (non-hydrogen) atoms. The molecule has 1 aromatic heterocycles. The first kappa shape index (κ1) is 14.6. The molecule has 4 nitrogen and oxygen atoms in total. The molecule has 1 aromatic carbocycles. The third kappa shape index (κ3) is 2.86. The van der Waals surface area contributed by atoms with Crippen molar-refractivity contribution in [1.29, 1.82) is 0 Å². The predicted octanol–water partition coefficient (Wildman–Crippen LogP) is 2.69. The maximum atomic E-state index is 13.6. The van der Waals surface area contributed by atoms with Crippen LogP contribution in [0.15, 0.2) is 24.4 Å². The van der Waals surface area contributed by atoms with Crippen LogP contribution in [0.25, 0.3) is 0 Å². The highest BCUT2D eigenvalue weighted by Gasteiger charge is 2.22. The number of nitrogens with zero attached hydrogens (tertiary/aromatic N) is 2. The van der Waals surface area contributed by atoms with Gasteiger partial charge in [-0.3, -0.25) is 9.48 Å². The first-order chi connectivity index (χ1) is 9.54. The van der Waals surface area contributed by atoms with Gasteiger partial charge < -0.3 is 4.74 Å². The van der Waals surface area contributed by atoms with Crippen molar-refractivity contribution < 1.29 is 18.3 Å². The van der Waals surface area contributed by atoms with E-state index in [-0.39, 0.29) is 22.8 Å². The fourth-order valence-electron chi connectivity index (χ4n) is 1.73. The van der Waals surface area contributed by atoms with E-state index in [9.17, 15) is 13.6 Å². The second kappa shape index (κ2) is 6.11. The van der Waals surface area contributed by atoms with Crippen molar-refractivity contribution in [2.45, 2.75) is 6.54 Å². The number of ketones is 1. The molecule has 0 radical (unpaired) electrons. The zero-order chi connectivity index (χ0) is 14.7. The summed E-state index contributed by atoms with van der Waals surface area (Å²) in [6.45, 7) is 0.588. The molecule has 0 saturated carbocycles. The highest BCUT2D eigenvalue weighted by Crippen LogP contribution is 2.21. The van der Waals surface area contributed by atoms with Gasteiger partial charge in [-0.1, -0.05) is 11.6 Å². The van der Waals surface area contributed by atoms with Gasteiger partial charge in [0.05, 0.1) is 29.9 Å². The molecule has 0 aliphatic carbocycles. The number of benzene rings is 1. The Morgan fingerprint density at radius 3 is 2.90 bits per heavy atom. The predicted molar refractivity (Wildman–Crippen MR) is 68.9 cm³/mol. The molecule has 2 aromatic rings. The molecule has 0 bridgehead atoms. The summed E-state index contributed by atoms with van der Waals surface area (Å²) in [5, 5.41) is 4.00. The van der Waals surface area contributed by atoms with Gasteiger partial charge in [0.25, 0.3) is 0 Å². The summed E-state index contributed by atoms with van der Waals surface area (Å²) < 4.78 is 33.0. The molecule has 1 heterocycles. The van der Waals surface area contributed by atoms with Crippen LogP contribution in [0, 0.1) is 11.6 Å². The number of ether oxygens (including phenoxy) is 1. The van der Waals surface area contributed by atoms with Gasteiger partial charge in [0.15, 0.2) is 0 Å². The maximum Gasteiger partial charge on any atom is 0.215 e. The topological polar surface area (TPSA) is 44.1 Å². The average Bonchev–Trinajstić information content (AvgIpc) is 2.79. The number of aromatic nitrogens is 2. The highest BCUT2D eigenvalue weighted by molar-refractivity contribution is 6.34. The van der Waals surface area contributed by atoms with Crippen molar-refractivity contribution in [1.82, 2.24) is 9.78 Å². The largest absolute Gasteiger partial charge is 0.383 e. The molecule has 0 spiro atoms. The third-order valence-corrected chi connectivity index (χ3v) is 2.97. The molecule has 0 saturated heterocycles. The highest BCUT2D eigenvalue weighted by atomic mass is 35.5. The van der Waals surface area contributed by atoms with Gasteiger partial charge in [-0.2, -0.15) is 5.10 Å². The van der Waals surface area contributed by atoms with Gasteiger partial charge in [0.2, 0.25) is 5.78 Å². The van der Waals surface area contributed by atoms with Crippen LogP contribution in [0.1, 0.15) is 16.1 Å². The Morgan fingerprint density at radius 1 is 1.45 bits per heavy atom. The van der Waals surface area contributed by atoms with Crippen molar-refractivity contribution in [2.24, 2.45) is 0 Å². The smallest absolute Gasteiger partial charge is 0.215 e. The lowest BCUT2D eigenvalue weighted by Crippen LogP contribution is -2.15. The van der Waals surface area contributed by atoms with E-state index >= 15 is 0 Å². The van der Waals surface area contributed by atoms with E-state index in [4.69, 9.17) is 16.3 Å². The molecular formula is C13H11ClF2N2O2. The number of carbonyl (C=O) groups excluding carboxylic acids is 1. The van der Waals surface area contributed by atoms with Gasteiger partial charge in [0, 0.05) is 7.11 Å². The van der Waals surface area contributed by atoms with Crippen molar-refractivity contribution in [3.63, 3.8) is 0 Å². The van der Waals surface area contributed by atoms with Gasteiger partial charge in [-0.25, -0.2) is 8.78 Å². The number of halogens is 3. The van der Waals surface area contributed by atoms with Gasteiger partial charge in [-0.05, 0) is 18.2 Å². The van der Waals surface area contributed by atoms with Gasteiger partial charge in [-0.15, -0.1) is 0 Å². The minimum atomic E-state index is -0.813. The lowest BCUT2D eigenvalue weighted by atomic mass is 10.1. The molecule has 0 unspecified atom stereocenters. The molecule has 0 fully saturated rings. The number of rotatable bonds is 5. The van der Waals surface area contributed by atoms with Crippen LogP contribution in [-0.2, 0) is 11.3 Å². The quantitative estimate of drug-likeness (QED) is 0.798. The van der Waals surface area contributed by atoms with Gasteiger partial charge >= 0.3 is 0 Å². The van der Waals surface area contributed by atoms with E-state index < -0.39 is 17.4 Å². The lowest BCUT2D eigenvalue weighted by molar-refractivity contribution is 0.102. The minimum Gasteiger partial charge on any atom is -0.383 e. The minimum absolute atomic E-state index is 0.00761. The molecule has 7 heteroatoms. The summed E-state index contributed by atoms with van der Waals surface area (Å²) in [5.41, 5.74) is -0.376. The first-order valence-corrected chi connectivity index (χ1v) is 6.12. The monoisotopic (exact) mass is 300 g/mol. The van der Waals surface area contributed by atoms with Crippen LogP contribution in [0.3, 0.4) is 0 Å². The van der Waals surface area contributed by atoms with E-state index in [1.807, 2.05) is 0 Å². The summed E-state index contributed by atoms with van der Waals surface area (Å²) in [5.74, 6) is -2.23. The zero-order valence-electron chi connectivity index (χ0n) is 10.6. The van der Waals surface area contributed by atoms with Crippen LogP contribution in [0.2, 0.25) is 5.02 Å². The number of methoxy groups -OCH3 is 1. The second-order valence-corrected chi connectivity index (χ2v) is 4.42. The van der Waals surface area contributed by atoms with Crippen LogP contribution in [0.5, 0.6) is 0 Å². The van der Waals surface area contributed by atoms with E-state index in [0.717, 1.165) is 18.2 Å². The molecular weight excluding hydrogens is 290 g/mol. The van der Waals surface area contributed by atoms with Crippen molar-refractivity contribution in [3.8, 4) is 0 Å². The van der Waals surface area contributed by atoms with Crippen molar-refractivity contribution in [3.05, 3.63) is 52.3 Å². The van der Waals surface area contributed by atoms with Crippen molar-refractivity contribution in [2.75, 3.05) is 13.7 Å². The summed E-state index contributed by atoms with van der Waals surface area (Å²) >= 11 is 5.90. The lowest BCUT2D eigenvalue weighted by Gasteiger charge is -2.07. The standard InChI is InChI=1S/C13H11ClF2N2O2/c1-20-5-4-18-12(10(14)7-17-18)13(19)9-6-8(15)2-3-11(9)16/h2-3,6-7H,4-5H2,1H3. The molecule has 0 amide bonds. The van der Waals surface area contributed by atoms with Gasteiger partial charge in [0.1, 0.15) is 17.3 Å². The fraction of sp³-hybridized carbons (Fsp3) is 0.231. The molecule has 0 atom stereocenters. The van der Waals surface area contributed by atoms with E-state index in [0.29, 0.717) is 6.61 Å². The number of carbonyl (C=O) groups is 1. The SMILES string of the molecule is COCCn1ncc(Cl)c1C(=O)c1cc(F)ccc1F. The van der Waals surface area contributed by atoms with Crippen LogP contribution in [-0.4, -0.2) is 29.3 Å². The normalized spacial score (nSPS) is 10.8. The Morgan fingerprint density at radius 2 is 2.20 bits per heavy atom. The van der Waals surface area contributed by atoms with Crippen molar-refractivity contribution >= 4 is 17.4 Å². The number of hydrogen-bond donors (Lipinski definition) is 0. The van der Waals surface area contributed by atoms with Crippen LogP contribution >= 0.6 is 11.6 Å². The Balaban J connectivity index is 2.42. The Kier molecular flexibility index (Phi) is 4.46. The third-order valence-electron chi connectivity index (χ3n) is 2.69. The summed E-state index contributed by atoms with van der Waals surface area (Å²) in [4.78, 5) is 12.3. The van der Waals surface area contributed by atoms with E-state index in [1.54, 1.807) is 0 Å². The Bertz CT molecular complexity index is 643. The average molecular weight is 301 g/mol. The maximum absolute atomic E-state index is 13.6. The summed E-state index contributed by atoms with van der Waals surface area (Å²) in [7, 11) is 1.50. The molecule has 0 aliphatic rings.